The summed E-state index contributed by atoms with van der Waals surface area (Å²) in [5, 5.41) is 0. The average molecular weight is 277 g/mol. The Kier molecular flexibility index (Phi) is 4.08. The molecule has 88 valence electrons. The Morgan fingerprint density at radius 3 is 1.73 bits per heavy atom. The van der Waals surface area contributed by atoms with Gasteiger partial charge in [-0.3, -0.25) is 0 Å². The van der Waals surface area contributed by atoms with Crippen molar-refractivity contribution in [3.8, 4) is 0 Å². The topological polar surface area (TPSA) is 18.5 Å². The maximum Gasteiger partial charge on any atom is 0.0751 e. The molecule has 2 nitrogen and oxygen atoms in total. The van der Waals surface area contributed by atoms with Crippen LogP contribution in [0.15, 0.2) is 0 Å². The lowest BCUT2D eigenvalue weighted by Crippen LogP contribution is -2.49. The van der Waals surface area contributed by atoms with Gasteiger partial charge in [0, 0.05) is 13.2 Å². The summed E-state index contributed by atoms with van der Waals surface area (Å²) in [5.74, 6) is 0. The summed E-state index contributed by atoms with van der Waals surface area (Å²) in [6.07, 6.45) is 8.00. The SMILES string of the molecule is CC(Br)(C1CCCCO1)C1CCCCO1. The molecule has 0 aliphatic carbocycles. The molecule has 3 heteroatoms. The zero-order chi connectivity index (χ0) is 10.7. The number of rotatable bonds is 2. The van der Waals surface area contributed by atoms with Crippen molar-refractivity contribution >= 4 is 15.9 Å². The molecule has 0 amide bonds. The smallest absolute Gasteiger partial charge is 0.0751 e. The van der Waals surface area contributed by atoms with Crippen LogP contribution in [0.25, 0.3) is 0 Å². The molecule has 0 aromatic rings. The fourth-order valence-corrected chi connectivity index (χ4v) is 3.30. The number of alkyl halides is 1. The lowest BCUT2D eigenvalue weighted by atomic mass is 9.88. The number of hydrogen-bond acceptors (Lipinski definition) is 2. The third-order valence-corrected chi connectivity index (χ3v) is 4.64. The van der Waals surface area contributed by atoms with Crippen LogP contribution in [-0.4, -0.2) is 29.7 Å². The van der Waals surface area contributed by atoms with Crippen molar-refractivity contribution in [2.24, 2.45) is 0 Å². The van der Waals surface area contributed by atoms with Gasteiger partial charge in [-0.1, -0.05) is 15.9 Å². The van der Waals surface area contributed by atoms with Crippen LogP contribution in [0.4, 0.5) is 0 Å². The molecule has 2 saturated heterocycles. The summed E-state index contributed by atoms with van der Waals surface area (Å²) >= 11 is 3.86. The Bertz CT molecular complexity index is 174. The molecule has 0 saturated carbocycles. The van der Waals surface area contributed by atoms with E-state index in [1.54, 1.807) is 0 Å². The van der Waals surface area contributed by atoms with Gasteiger partial charge in [0.2, 0.25) is 0 Å². The highest BCUT2D eigenvalue weighted by molar-refractivity contribution is 9.10. The summed E-state index contributed by atoms with van der Waals surface area (Å²) in [4.78, 5) is 0. The normalized spacial score (nSPS) is 37.2. The second-order valence-corrected chi connectivity index (χ2v) is 6.57. The van der Waals surface area contributed by atoms with Crippen LogP contribution in [0.1, 0.15) is 45.4 Å². The Morgan fingerprint density at radius 2 is 1.40 bits per heavy atom. The van der Waals surface area contributed by atoms with Gasteiger partial charge in [-0.15, -0.1) is 0 Å². The minimum atomic E-state index is 0.00778. The van der Waals surface area contributed by atoms with E-state index in [-0.39, 0.29) is 4.32 Å². The summed E-state index contributed by atoms with van der Waals surface area (Å²) < 4.78 is 11.7. The molecule has 15 heavy (non-hydrogen) atoms. The lowest BCUT2D eigenvalue weighted by molar-refractivity contribution is -0.0721. The van der Waals surface area contributed by atoms with Crippen LogP contribution in [0.5, 0.6) is 0 Å². The molecule has 0 N–H and O–H groups in total. The standard InChI is InChI=1S/C12H21BrO2/c1-12(13,10-6-2-4-8-14-10)11-7-3-5-9-15-11/h10-11H,2-9H2,1H3. The summed E-state index contributed by atoms with van der Waals surface area (Å²) in [6.45, 7) is 4.07. The first-order chi connectivity index (χ1) is 7.21. The molecule has 0 radical (unpaired) electrons. The molecule has 2 aliphatic heterocycles. The van der Waals surface area contributed by atoms with Crippen LogP contribution in [0, 0.1) is 0 Å². The van der Waals surface area contributed by atoms with Crippen molar-refractivity contribution in [3.05, 3.63) is 0 Å². The van der Waals surface area contributed by atoms with Crippen LogP contribution >= 0.6 is 15.9 Å². The predicted octanol–water partition coefficient (Wildman–Crippen LogP) is 3.28. The van der Waals surface area contributed by atoms with E-state index in [0.29, 0.717) is 12.2 Å². The second-order valence-electron chi connectivity index (χ2n) is 4.86. The number of halogens is 1. The minimum Gasteiger partial charge on any atom is -0.377 e. The van der Waals surface area contributed by atoms with E-state index in [1.807, 2.05) is 0 Å². The first-order valence-corrected chi connectivity index (χ1v) is 6.92. The first kappa shape index (κ1) is 11.9. The quantitative estimate of drug-likeness (QED) is 0.721. The monoisotopic (exact) mass is 276 g/mol. The van der Waals surface area contributed by atoms with Gasteiger partial charge in [0.25, 0.3) is 0 Å². The zero-order valence-electron chi connectivity index (χ0n) is 9.51. The maximum absolute atomic E-state index is 5.87. The third-order valence-electron chi connectivity index (χ3n) is 3.62. The van der Waals surface area contributed by atoms with E-state index in [0.717, 1.165) is 13.2 Å². The third kappa shape index (κ3) is 2.75. The second kappa shape index (κ2) is 5.15. The van der Waals surface area contributed by atoms with Gasteiger partial charge < -0.3 is 9.47 Å². The summed E-state index contributed by atoms with van der Waals surface area (Å²) in [5.41, 5.74) is 0. The van der Waals surface area contributed by atoms with Gasteiger partial charge in [0.15, 0.2) is 0 Å². The molecule has 2 rings (SSSR count). The molecular formula is C12H21BrO2. The van der Waals surface area contributed by atoms with E-state index < -0.39 is 0 Å². The Morgan fingerprint density at radius 1 is 0.933 bits per heavy atom. The molecule has 0 spiro atoms. The van der Waals surface area contributed by atoms with Crippen molar-refractivity contribution in [2.75, 3.05) is 13.2 Å². The van der Waals surface area contributed by atoms with Crippen molar-refractivity contribution in [1.82, 2.24) is 0 Å². The van der Waals surface area contributed by atoms with E-state index >= 15 is 0 Å². The van der Waals surface area contributed by atoms with Gasteiger partial charge in [0.05, 0.1) is 16.5 Å². The van der Waals surface area contributed by atoms with Crippen LogP contribution in [-0.2, 0) is 9.47 Å². The zero-order valence-corrected chi connectivity index (χ0v) is 11.1. The molecule has 0 aromatic carbocycles. The molecular weight excluding hydrogens is 256 g/mol. The Balaban J connectivity index is 1.96. The fraction of sp³-hybridized carbons (Fsp3) is 1.00. The van der Waals surface area contributed by atoms with Gasteiger partial charge in [-0.05, 0) is 45.4 Å². The molecule has 2 heterocycles. The van der Waals surface area contributed by atoms with Crippen LogP contribution < -0.4 is 0 Å². The fourth-order valence-electron chi connectivity index (χ4n) is 2.58. The van der Waals surface area contributed by atoms with E-state index in [2.05, 4.69) is 22.9 Å². The highest BCUT2D eigenvalue weighted by Crippen LogP contribution is 2.38. The van der Waals surface area contributed by atoms with Crippen molar-refractivity contribution in [2.45, 2.75) is 62.0 Å². The van der Waals surface area contributed by atoms with Crippen molar-refractivity contribution in [1.29, 1.82) is 0 Å². The lowest BCUT2D eigenvalue weighted by Gasteiger charge is -2.42. The molecule has 2 fully saturated rings. The number of hydrogen-bond donors (Lipinski definition) is 0. The van der Waals surface area contributed by atoms with Gasteiger partial charge in [-0.25, -0.2) is 0 Å². The molecule has 2 aliphatic rings. The van der Waals surface area contributed by atoms with E-state index in [1.165, 1.54) is 38.5 Å². The first-order valence-electron chi connectivity index (χ1n) is 6.13. The van der Waals surface area contributed by atoms with Gasteiger partial charge in [-0.2, -0.15) is 0 Å². The Hall–Kier alpha value is 0.400. The highest BCUT2D eigenvalue weighted by atomic mass is 79.9. The van der Waals surface area contributed by atoms with Crippen LogP contribution in [0.2, 0.25) is 0 Å². The maximum atomic E-state index is 5.87. The van der Waals surface area contributed by atoms with E-state index in [9.17, 15) is 0 Å². The summed E-state index contributed by atoms with van der Waals surface area (Å²) in [6, 6.07) is 0. The Labute approximate surface area is 101 Å². The minimum absolute atomic E-state index is 0.00778. The van der Waals surface area contributed by atoms with Crippen molar-refractivity contribution in [3.63, 3.8) is 0 Å². The molecule has 2 atom stereocenters. The van der Waals surface area contributed by atoms with Crippen molar-refractivity contribution < 1.29 is 9.47 Å². The molecule has 2 unspecified atom stereocenters. The summed E-state index contributed by atoms with van der Waals surface area (Å²) in [7, 11) is 0. The molecule has 0 aromatic heterocycles. The van der Waals surface area contributed by atoms with E-state index in [4.69, 9.17) is 9.47 Å². The largest absolute Gasteiger partial charge is 0.377 e. The average Bonchev–Trinajstić information content (AvgIpc) is 2.31. The predicted molar refractivity (Wildman–Crippen MR) is 64.5 cm³/mol. The van der Waals surface area contributed by atoms with Crippen LogP contribution in [0.3, 0.4) is 0 Å². The van der Waals surface area contributed by atoms with Gasteiger partial charge in [0.1, 0.15) is 0 Å². The van der Waals surface area contributed by atoms with Gasteiger partial charge >= 0.3 is 0 Å². The number of ether oxygens (including phenoxy) is 2. The molecule has 0 bridgehead atoms. The highest BCUT2D eigenvalue weighted by Gasteiger charge is 2.42.